The Labute approximate surface area is 195 Å². The number of alkyl halides is 3. The number of anilines is 1. The third-order valence-electron chi connectivity index (χ3n) is 4.99. The molecule has 0 bridgehead atoms. The first-order valence-corrected chi connectivity index (χ1v) is 10.9. The van der Waals surface area contributed by atoms with Gasteiger partial charge in [0.15, 0.2) is 0 Å². The molecule has 2 heterocycles. The van der Waals surface area contributed by atoms with Gasteiger partial charge in [0.05, 0.1) is 27.7 Å². The van der Waals surface area contributed by atoms with E-state index in [2.05, 4.69) is 15.4 Å². The van der Waals surface area contributed by atoms with Crippen LogP contribution in [0.3, 0.4) is 0 Å². The molecule has 1 amide bonds. The maximum atomic E-state index is 13.1. The van der Waals surface area contributed by atoms with Crippen molar-refractivity contribution in [3.8, 4) is 16.1 Å². The number of aromatic nitrogens is 3. The van der Waals surface area contributed by atoms with Crippen molar-refractivity contribution >= 4 is 22.9 Å². The Morgan fingerprint density at radius 3 is 2.65 bits per heavy atom. The molecule has 4 rings (SSSR count). The van der Waals surface area contributed by atoms with Gasteiger partial charge in [-0.25, -0.2) is 0 Å². The number of nitrogen functional groups attached to an aromatic ring is 1. The van der Waals surface area contributed by atoms with E-state index >= 15 is 0 Å². The standard InChI is InChI=1S/C23H18F3N5O2S/c1-13(15-7-16(23(24,25)26)10-17(27)8-15)29-22(33)19-5-6-21(32)31(30-19)18-4-2-3-14(9-18)20-11-28-12-34-20/h2-13H,27H2,1H3,(H,29,33)/t13-/m1/s1. The first-order valence-electron chi connectivity index (χ1n) is 10.00. The fraction of sp³-hybridized carbons (Fsp3) is 0.130. The summed E-state index contributed by atoms with van der Waals surface area (Å²) in [5.41, 5.74) is 7.28. The minimum absolute atomic E-state index is 0.0709. The van der Waals surface area contributed by atoms with Gasteiger partial charge < -0.3 is 11.1 Å². The van der Waals surface area contributed by atoms with Gasteiger partial charge in [-0.3, -0.25) is 14.6 Å². The number of carbonyl (C=O) groups excluding carboxylic acids is 1. The zero-order valence-electron chi connectivity index (χ0n) is 17.7. The van der Waals surface area contributed by atoms with E-state index in [1.807, 2.05) is 6.07 Å². The van der Waals surface area contributed by atoms with Gasteiger partial charge in [0.2, 0.25) is 0 Å². The van der Waals surface area contributed by atoms with E-state index in [4.69, 9.17) is 5.73 Å². The van der Waals surface area contributed by atoms with Crippen LogP contribution >= 0.6 is 11.3 Å². The molecule has 1 atom stereocenters. The molecule has 0 aliphatic rings. The van der Waals surface area contributed by atoms with Crippen LogP contribution < -0.4 is 16.6 Å². The van der Waals surface area contributed by atoms with E-state index < -0.39 is 29.2 Å². The Morgan fingerprint density at radius 2 is 1.94 bits per heavy atom. The smallest absolute Gasteiger partial charge is 0.399 e. The minimum atomic E-state index is -4.57. The monoisotopic (exact) mass is 485 g/mol. The third-order valence-corrected chi connectivity index (χ3v) is 5.82. The molecule has 2 aromatic carbocycles. The summed E-state index contributed by atoms with van der Waals surface area (Å²) >= 11 is 1.44. The largest absolute Gasteiger partial charge is 0.416 e. The van der Waals surface area contributed by atoms with Crippen LogP contribution in [0.2, 0.25) is 0 Å². The minimum Gasteiger partial charge on any atom is -0.399 e. The number of amides is 1. The summed E-state index contributed by atoms with van der Waals surface area (Å²) in [6.07, 6.45) is -2.87. The van der Waals surface area contributed by atoms with E-state index in [1.54, 1.807) is 29.9 Å². The van der Waals surface area contributed by atoms with E-state index in [-0.39, 0.29) is 16.9 Å². The second-order valence-electron chi connectivity index (χ2n) is 7.47. The topological polar surface area (TPSA) is 103 Å². The average Bonchev–Trinajstić information content (AvgIpc) is 3.33. The van der Waals surface area contributed by atoms with Crippen LogP contribution in [0.15, 0.2) is 71.1 Å². The third kappa shape index (κ3) is 4.99. The first kappa shape index (κ1) is 23.2. The maximum Gasteiger partial charge on any atom is 0.416 e. The lowest BCUT2D eigenvalue weighted by Crippen LogP contribution is -2.30. The van der Waals surface area contributed by atoms with Crippen molar-refractivity contribution in [3.05, 3.63) is 93.5 Å². The summed E-state index contributed by atoms with van der Waals surface area (Å²) in [7, 11) is 0. The van der Waals surface area contributed by atoms with Crippen molar-refractivity contribution in [1.29, 1.82) is 0 Å². The molecule has 11 heteroatoms. The van der Waals surface area contributed by atoms with Gasteiger partial charge in [0, 0.05) is 18.0 Å². The van der Waals surface area contributed by atoms with Gasteiger partial charge in [0.25, 0.3) is 11.5 Å². The van der Waals surface area contributed by atoms with E-state index in [1.165, 1.54) is 36.5 Å². The first-order chi connectivity index (χ1) is 16.1. The SMILES string of the molecule is C[C@@H](NC(=O)c1ccc(=O)n(-c2cccc(-c3cncs3)c2)n1)c1cc(N)cc(C(F)(F)F)c1. The van der Waals surface area contributed by atoms with Crippen molar-refractivity contribution in [2.24, 2.45) is 0 Å². The van der Waals surface area contributed by atoms with Crippen molar-refractivity contribution in [3.63, 3.8) is 0 Å². The van der Waals surface area contributed by atoms with E-state index in [0.29, 0.717) is 5.69 Å². The van der Waals surface area contributed by atoms with Gasteiger partial charge >= 0.3 is 6.18 Å². The Kier molecular flexibility index (Phi) is 6.20. The normalized spacial score (nSPS) is 12.4. The van der Waals surface area contributed by atoms with Crippen molar-refractivity contribution < 1.29 is 18.0 Å². The summed E-state index contributed by atoms with van der Waals surface area (Å²) in [6, 6.07) is 11.8. The fourth-order valence-electron chi connectivity index (χ4n) is 3.31. The number of nitrogens with two attached hydrogens (primary N) is 1. The number of halogens is 3. The molecule has 0 aliphatic carbocycles. The number of benzene rings is 2. The second kappa shape index (κ2) is 9.10. The lowest BCUT2D eigenvalue weighted by molar-refractivity contribution is -0.137. The van der Waals surface area contributed by atoms with Crippen LogP contribution in [0.4, 0.5) is 18.9 Å². The number of thiazole rings is 1. The van der Waals surface area contributed by atoms with Crippen molar-refractivity contribution in [1.82, 2.24) is 20.1 Å². The van der Waals surface area contributed by atoms with Gasteiger partial charge in [-0.15, -0.1) is 11.3 Å². The van der Waals surface area contributed by atoms with Crippen molar-refractivity contribution in [2.45, 2.75) is 19.1 Å². The number of carbonyl (C=O) groups is 1. The predicted molar refractivity (Wildman–Crippen MR) is 123 cm³/mol. The second-order valence-corrected chi connectivity index (χ2v) is 8.35. The number of hydrogen-bond donors (Lipinski definition) is 2. The van der Waals surface area contributed by atoms with Crippen molar-refractivity contribution in [2.75, 3.05) is 5.73 Å². The lowest BCUT2D eigenvalue weighted by atomic mass is 10.0. The number of hydrogen-bond acceptors (Lipinski definition) is 6. The van der Waals surface area contributed by atoms with E-state index in [0.717, 1.165) is 27.3 Å². The van der Waals surface area contributed by atoms with Crippen LogP contribution in [-0.2, 0) is 6.18 Å². The highest BCUT2D eigenvalue weighted by atomic mass is 32.1. The summed E-state index contributed by atoms with van der Waals surface area (Å²) in [4.78, 5) is 30.2. The van der Waals surface area contributed by atoms with Gasteiger partial charge in [-0.05, 0) is 54.4 Å². The lowest BCUT2D eigenvalue weighted by Gasteiger charge is -2.17. The fourth-order valence-corrected chi connectivity index (χ4v) is 3.93. The summed E-state index contributed by atoms with van der Waals surface area (Å²) < 4.78 is 40.4. The molecular weight excluding hydrogens is 467 g/mol. The average molecular weight is 485 g/mol. The molecule has 174 valence electrons. The Morgan fingerprint density at radius 1 is 1.15 bits per heavy atom. The van der Waals surface area contributed by atoms with Crippen LogP contribution in [0, 0.1) is 0 Å². The zero-order valence-corrected chi connectivity index (χ0v) is 18.5. The molecule has 0 radical (unpaired) electrons. The Balaban J connectivity index is 1.60. The Hall–Kier alpha value is -3.99. The molecule has 7 nitrogen and oxygen atoms in total. The highest BCUT2D eigenvalue weighted by molar-refractivity contribution is 7.13. The molecule has 0 saturated carbocycles. The van der Waals surface area contributed by atoms with Gasteiger partial charge in [0.1, 0.15) is 5.69 Å². The number of rotatable bonds is 5. The maximum absolute atomic E-state index is 13.1. The summed E-state index contributed by atoms with van der Waals surface area (Å²) in [5, 5.41) is 6.77. The summed E-state index contributed by atoms with van der Waals surface area (Å²) in [6.45, 7) is 1.53. The highest BCUT2D eigenvalue weighted by Crippen LogP contribution is 2.32. The van der Waals surface area contributed by atoms with Crippen LogP contribution in [0.1, 0.15) is 34.6 Å². The number of nitrogens with one attached hydrogen (secondary N) is 1. The molecule has 4 aromatic rings. The van der Waals surface area contributed by atoms with Crippen LogP contribution in [-0.4, -0.2) is 20.7 Å². The predicted octanol–water partition coefficient (Wildman–Crippen LogP) is 4.45. The highest BCUT2D eigenvalue weighted by Gasteiger charge is 2.31. The van der Waals surface area contributed by atoms with Crippen LogP contribution in [0.5, 0.6) is 0 Å². The molecule has 0 saturated heterocycles. The number of nitrogens with zero attached hydrogens (tertiary/aromatic N) is 3. The van der Waals surface area contributed by atoms with E-state index in [9.17, 15) is 22.8 Å². The molecule has 0 fully saturated rings. The molecule has 3 N–H and O–H groups in total. The molecular formula is C23H18F3N5O2S. The Bertz CT molecular complexity index is 1400. The summed E-state index contributed by atoms with van der Waals surface area (Å²) in [5.74, 6) is -0.657. The molecule has 34 heavy (non-hydrogen) atoms. The quantitative estimate of drug-likeness (QED) is 0.407. The van der Waals surface area contributed by atoms with Crippen LogP contribution in [0.25, 0.3) is 16.1 Å². The van der Waals surface area contributed by atoms with Gasteiger partial charge in [-0.1, -0.05) is 12.1 Å². The molecule has 0 aliphatic heterocycles. The zero-order chi connectivity index (χ0) is 24.5. The molecule has 0 unspecified atom stereocenters. The molecule has 2 aromatic heterocycles. The van der Waals surface area contributed by atoms with Gasteiger partial charge in [-0.2, -0.15) is 23.0 Å². The molecule has 0 spiro atoms.